The molecule has 0 saturated heterocycles. The van der Waals surface area contributed by atoms with E-state index in [2.05, 4.69) is 20.9 Å². The fourth-order valence-corrected chi connectivity index (χ4v) is 2.44. The van der Waals surface area contributed by atoms with E-state index in [-0.39, 0.29) is 0 Å². The lowest BCUT2D eigenvalue weighted by molar-refractivity contribution is 0.0694. The zero-order chi connectivity index (χ0) is 12.6. The van der Waals surface area contributed by atoms with Gasteiger partial charge in [-0.2, -0.15) is 0 Å². The smallest absolute Gasteiger partial charge is 0.337 e. The van der Waals surface area contributed by atoms with Crippen molar-refractivity contribution in [3.05, 3.63) is 39.5 Å². The van der Waals surface area contributed by atoms with E-state index in [0.29, 0.717) is 17.7 Å². The largest absolute Gasteiger partial charge is 0.478 e. The number of benzene rings is 1. The van der Waals surface area contributed by atoms with Gasteiger partial charge in [-0.1, -0.05) is 28.9 Å². The van der Waals surface area contributed by atoms with E-state index in [1.54, 1.807) is 6.92 Å². The molecule has 1 aromatic heterocycles. The van der Waals surface area contributed by atoms with Crippen molar-refractivity contribution in [2.45, 2.75) is 20.3 Å². The Morgan fingerprint density at radius 2 is 2.18 bits per heavy atom. The van der Waals surface area contributed by atoms with Crippen molar-refractivity contribution in [3.63, 3.8) is 0 Å². The first-order valence-electron chi connectivity index (χ1n) is 5.36. The van der Waals surface area contributed by atoms with Crippen LogP contribution in [-0.2, 0) is 6.42 Å². The zero-order valence-electron chi connectivity index (χ0n) is 9.62. The summed E-state index contributed by atoms with van der Waals surface area (Å²) in [6.07, 6.45) is 0.684. The van der Waals surface area contributed by atoms with Crippen molar-refractivity contribution in [1.29, 1.82) is 0 Å². The van der Waals surface area contributed by atoms with Gasteiger partial charge in [0.05, 0.1) is 16.8 Å². The number of rotatable bonds is 2. The van der Waals surface area contributed by atoms with Gasteiger partial charge in [-0.05, 0) is 31.0 Å². The van der Waals surface area contributed by atoms with Crippen LogP contribution in [0.4, 0.5) is 0 Å². The maximum Gasteiger partial charge on any atom is 0.337 e. The number of aryl methyl sites for hydroxylation is 2. The second-order valence-electron chi connectivity index (χ2n) is 3.87. The number of nitrogens with zero attached hydrogens (tertiary/aromatic N) is 1. The van der Waals surface area contributed by atoms with Crippen LogP contribution >= 0.6 is 15.9 Å². The van der Waals surface area contributed by atoms with Crippen LogP contribution in [0, 0.1) is 6.92 Å². The molecule has 0 unspecified atom stereocenters. The van der Waals surface area contributed by atoms with Crippen LogP contribution in [0.3, 0.4) is 0 Å². The van der Waals surface area contributed by atoms with E-state index in [9.17, 15) is 9.90 Å². The molecule has 2 aromatic rings. The van der Waals surface area contributed by atoms with Gasteiger partial charge >= 0.3 is 5.97 Å². The number of halogens is 1. The van der Waals surface area contributed by atoms with Gasteiger partial charge in [0.2, 0.25) is 0 Å². The SMILES string of the molecule is CCc1c(C(=O)O)c(C)nc2cc(Br)ccc12. The molecule has 0 radical (unpaired) electrons. The van der Waals surface area contributed by atoms with E-state index in [4.69, 9.17) is 0 Å². The molecule has 0 aliphatic rings. The van der Waals surface area contributed by atoms with Gasteiger partial charge in [-0.25, -0.2) is 4.79 Å². The summed E-state index contributed by atoms with van der Waals surface area (Å²) >= 11 is 3.39. The highest BCUT2D eigenvalue weighted by Crippen LogP contribution is 2.26. The van der Waals surface area contributed by atoms with Gasteiger partial charge in [0.15, 0.2) is 0 Å². The quantitative estimate of drug-likeness (QED) is 0.921. The normalized spacial score (nSPS) is 10.8. The van der Waals surface area contributed by atoms with Gasteiger partial charge in [-0.3, -0.25) is 4.98 Å². The number of hydrogen-bond donors (Lipinski definition) is 1. The van der Waals surface area contributed by atoms with E-state index in [1.807, 2.05) is 25.1 Å². The first kappa shape index (κ1) is 12.0. The van der Waals surface area contributed by atoms with Crippen LogP contribution in [0.2, 0.25) is 0 Å². The third-order valence-corrected chi connectivity index (χ3v) is 3.30. The predicted octanol–water partition coefficient (Wildman–Crippen LogP) is 3.57. The number of carbonyl (C=O) groups is 1. The summed E-state index contributed by atoms with van der Waals surface area (Å²) in [4.78, 5) is 15.6. The lowest BCUT2D eigenvalue weighted by Crippen LogP contribution is -2.07. The Balaban J connectivity index is 2.90. The molecule has 88 valence electrons. The molecule has 3 nitrogen and oxygen atoms in total. The molecule has 0 aliphatic heterocycles. The van der Waals surface area contributed by atoms with Crippen LogP contribution in [0.15, 0.2) is 22.7 Å². The molecule has 4 heteroatoms. The minimum absolute atomic E-state index is 0.335. The van der Waals surface area contributed by atoms with Gasteiger partial charge in [0, 0.05) is 9.86 Å². The average Bonchev–Trinajstić information content (AvgIpc) is 2.26. The lowest BCUT2D eigenvalue weighted by Gasteiger charge is -2.11. The maximum atomic E-state index is 11.3. The molecule has 0 spiro atoms. The summed E-state index contributed by atoms with van der Waals surface area (Å²) in [6.45, 7) is 3.70. The molecule has 0 amide bonds. The summed E-state index contributed by atoms with van der Waals surface area (Å²) in [5.41, 5.74) is 2.59. The summed E-state index contributed by atoms with van der Waals surface area (Å²) < 4.78 is 0.946. The maximum absolute atomic E-state index is 11.3. The molecule has 1 N–H and O–H groups in total. The third kappa shape index (κ3) is 2.05. The van der Waals surface area contributed by atoms with Crippen LogP contribution in [0.5, 0.6) is 0 Å². The molecule has 0 atom stereocenters. The predicted molar refractivity (Wildman–Crippen MR) is 70.5 cm³/mol. The molecule has 17 heavy (non-hydrogen) atoms. The van der Waals surface area contributed by atoms with Crippen molar-refractivity contribution in [2.24, 2.45) is 0 Å². The Labute approximate surface area is 108 Å². The van der Waals surface area contributed by atoms with Gasteiger partial charge in [0.1, 0.15) is 0 Å². The third-order valence-electron chi connectivity index (χ3n) is 2.80. The number of carboxylic acids is 1. The van der Waals surface area contributed by atoms with Crippen LogP contribution in [-0.4, -0.2) is 16.1 Å². The minimum Gasteiger partial charge on any atom is -0.478 e. The Kier molecular flexibility index (Phi) is 3.15. The molecule has 1 heterocycles. The number of carboxylic acid groups (broad SMARTS) is 1. The fraction of sp³-hybridized carbons (Fsp3) is 0.231. The molecular weight excluding hydrogens is 282 g/mol. The van der Waals surface area contributed by atoms with Crippen molar-refractivity contribution in [2.75, 3.05) is 0 Å². The number of fused-ring (bicyclic) bond motifs is 1. The Hall–Kier alpha value is -1.42. The molecule has 0 saturated carbocycles. The Bertz CT molecular complexity index is 608. The molecule has 0 aliphatic carbocycles. The number of hydrogen-bond acceptors (Lipinski definition) is 2. The fourth-order valence-electron chi connectivity index (χ4n) is 2.09. The summed E-state index contributed by atoms with van der Waals surface area (Å²) in [6, 6.07) is 5.73. The summed E-state index contributed by atoms with van der Waals surface area (Å²) in [5, 5.41) is 10.2. The first-order chi connectivity index (χ1) is 8.04. The lowest BCUT2D eigenvalue weighted by atomic mass is 9.99. The Morgan fingerprint density at radius 1 is 1.47 bits per heavy atom. The van der Waals surface area contributed by atoms with Crippen LogP contribution in [0.25, 0.3) is 10.9 Å². The van der Waals surface area contributed by atoms with Crippen molar-refractivity contribution < 1.29 is 9.90 Å². The van der Waals surface area contributed by atoms with Gasteiger partial charge in [0.25, 0.3) is 0 Å². The summed E-state index contributed by atoms with van der Waals surface area (Å²) in [7, 11) is 0. The van der Waals surface area contributed by atoms with Crippen molar-refractivity contribution in [1.82, 2.24) is 4.98 Å². The van der Waals surface area contributed by atoms with E-state index in [1.165, 1.54) is 0 Å². The molecule has 0 fully saturated rings. The number of pyridine rings is 1. The highest BCUT2D eigenvalue weighted by Gasteiger charge is 2.16. The van der Waals surface area contributed by atoms with Crippen molar-refractivity contribution in [3.8, 4) is 0 Å². The Morgan fingerprint density at radius 3 is 2.76 bits per heavy atom. The number of aromatic nitrogens is 1. The second-order valence-corrected chi connectivity index (χ2v) is 4.79. The van der Waals surface area contributed by atoms with Gasteiger partial charge < -0.3 is 5.11 Å². The van der Waals surface area contributed by atoms with Crippen LogP contribution in [0.1, 0.15) is 28.5 Å². The van der Waals surface area contributed by atoms with Crippen LogP contribution < -0.4 is 0 Å². The molecule has 2 rings (SSSR count). The topological polar surface area (TPSA) is 50.2 Å². The zero-order valence-corrected chi connectivity index (χ0v) is 11.2. The first-order valence-corrected chi connectivity index (χ1v) is 6.16. The second kappa shape index (κ2) is 4.45. The van der Waals surface area contributed by atoms with E-state index in [0.717, 1.165) is 20.9 Å². The standard InChI is InChI=1S/C13H12BrNO2/c1-3-9-10-5-4-8(14)6-11(10)15-7(2)12(9)13(16)17/h4-6H,3H2,1-2H3,(H,16,17). The highest BCUT2D eigenvalue weighted by molar-refractivity contribution is 9.10. The minimum atomic E-state index is -0.906. The van der Waals surface area contributed by atoms with Crippen molar-refractivity contribution >= 4 is 32.8 Å². The monoisotopic (exact) mass is 293 g/mol. The number of aromatic carboxylic acids is 1. The highest BCUT2D eigenvalue weighted by atomic mass is 79.9. The molecule has 0 bridgehead atoms. The van der Waals surface area contributed by atoms with Gasteiger partial charge in [-0.15, -0.1) is 0 Å². The average molecular weight is 294 g/mol. The van der Waals surface area contributed by atoms with E-state index < -0.39 is 5.97 Å². The molecule has 1 aromatic carbocycles. The summed E-state index contributed by atoms with van der Waals surface area (Å²) in [5.74, 6) is -0.906. The van der Waals surface area contributed by atoms with E-state index >= 15 is 0 Å². The molecular formula is C13H12BrNO2.